The van der Waals surface area contributed by atoms with Gasteiger partial charge in [0, 0.05) is 29.4 Å². The second-order valence-corrected chi connectivity index (χ2v) is 4.11. The van der Waals surface area contributed by atoms with E-state index in [-0.39, 0.29) is 0 Å². The highest BCUT2D eigenvalue weighted by atomic mass is 32.2. The molecule has 78 valence electrons. The molecule has 1 aromatic heterocycles. The van der Waals surface area contributed by atoms with Crippen LogP contribution in [0.15, 0.2) is 36.9 Å². The van der Waals surface area contributed by atoms with E-state index in [1.807, 2.05) is 22.9 Å². The molecule has 4 heteroatoms. The lowest BCUT2D eigenvalue weighted by Crippen LogP contribution is -2.00. The summed E-state index contributed by atoms with van der Waals surface area (Å²) >= 11 is 1.77. The third-order valence-corrected chi connectivity index (χ3v) is 2.84. The summed E-state index contributed by atoms with van der Waals surface area (Å²) in [5, 5.41) is 0. The molecule has 2 rings (SSSR count). The van der Waals surface area contributed by atoms with Crippen LogP contribution in [0, 0.1) is 0 Å². The van der Waals surface area contributed by atoms with Gasteiger partial charge in [0.05, 0.1) is 12.0 Å². The van der Waals surface area contributed by atoms with Crippen molar-refractivity contribution in [3.63, 3.8) is 0 Å². The van der Waals surface area contributed by atoms with E-state index in [1.54, 1.807) is 24.3 Å². The van der Waals surface area contributed by atoms with E-state index < -0.39 is 0 Å². The Morgan fingerprint density at radius 2 is 2.33 bits per heavy atom. The first-order chi connectivity index (χ1) is 7.33. The number of nitrogens with zero attached hydrogens (tertiary/aromatic N) is 2. The largest absolute Gasteiger partial charge is 0.398 e. The number of rotatable bonds is 3. The first-order valence-electron chi connectivity index (χ1n) is 4.67. The lowest BCUT2D eigenvalue weighted by atomic mass is 10.1. The van der Waals surface area contributed by atoms with Crippen LogP contribution in [0.2, 0.25) is 0 Å². The number of aromatic nitrogens is 2. The number of nitrogen functional groups attached to an aromatic ring is 1. The van der Waals surface area contributed by atoms with Gasteiger partial charge in [0.2, 0.25) is 0 Å². The van der Waals surface area contributed by atoms with Gasteiger partial charge >= 0.3 is 0 Å². The van der Waals surface area contributed by atoms with Crippen molar-refractivity contribution in [2.24, 2.45) is 0 Å². The average Bonchev–Trinajstić information content (AvgIpc) is 2.74. The van der Waals surface area contributed by atoms with E-state index in [0.29, 0.717) is 0 Å². The molecule has 0 unspecified atom stereocenters. The lowest BCUT2D eigenvalue weighted by Gasteiger charge is -2.11. The van der Waals surface area contributed by atoms with Crippen LogP contribution in [0.25, 0.3) is 5.69 Å². The van der Waals surface area contributed by atoms with Gasteiger partial charge in [0.15, 0.2) is 0 Å². The Balaban J connectivity index is 2.51. The Hall–Kier alpha value is -1.42. The molecule has 0 aliphatic heterocycles. The number of benzene rings is 1. The number of hydrogen-bond donors (Lipinski definition) is 1. The number of imidazole rings is 1. The Bertz CT molecular complexity index is 437. The van der Waals surface area contributed by atoms with Crippen molar-refractivity contribution in [2.75, 3.05) is 12.0 Å². The van der Waals surface area contributed by atoms with Crippen molar-refractivity contribution < 1.29 is 0 Å². The maximum absolute atomic E-state index is 5.97. The molecule has 0 bridgehead atoms. The fourth-order valence-electron chi connectivity index (χ4n) is 1.54. The fourth-order valence-corrected chi connectivity index (χ4v) is 2.14. The Kier molecular flexibility index (Phi) is 2.97. The van der Waals surface area contributed by atoms with Gasteiger partial charge < -0.3 is 10.3 Å². The number of hydrogen-bond acceptors (Lipinski definition) is 3. The maximum atomic E-state index is 5.97. The summed E-state index contributed by atoms with van der Waals surface area (Å²) in [6.45, 7) is 0. The summed E-state index contributed by atoms with van der Waals surface area (Å²) in [6, 6.07) is 5.96. The Labute approximate surface area is 93.3 Å². The van der Waals surface area contributed by atoms with E-state index in [2.05, 4.69) is 17.3 Å². The molecular formula is C11H13N3S. The molecule has 15 heavy (non-hydrogen) atoms. The van der Waals surface area contributed by atoms with Crippen LogP contribution in [0.3, 0.4) is 0 Å². The molecule has 2 N–H and O–H groups in total. The third kappa shape index (κ3) is 1.99. The summed E-state index contributed by atoms with van der Waals surface area (Å²) in [5.41, 5.74) is 9.09. The summed E-state index contributed by atoms with van der Waals surface area (Å²) in [5.74, 6) is 0.917. The van der Waals surface area contributed by atoms with Crippen LogP contribution in [0.5, 0.6) is 0 Å². The molecule has 0 saturated heterocycles. The normalized spacial score (nSPS) is 10.5. The first kappa shape index (κ1) is 10.1. The van der Waals surface area contributed by atoms with E-state index >= 15 is 0 Å². The van der Waals surface area contributed by atoms with Gasteiger partial charge in [-0.3, -0.25) is 0 Å². The highest BCUT2D eigenvalue weighted by Gasteiger charge is 2.06. The minimum absolute atomic E-state index is 0.843. The molecule has 0 aliphatic carbocycles. The Morgan fingerprint density at radius 1 is 1.47 bits per heavy atom. The lowest BCUT2D eigenvalue weighted by molar-refractivity contribution is 1.04. The minimum atomic E-state index is 0.843. The van der Waals surface area contributed by atoms with Crippen LogP contribution in [0.1, 0.15) is 5.56 Å². The van der Waals surface area contributed by atoms with E-state index in [0.717, 1.165) is 17.1 Å². The average molecular weight is 219 g/mol. The van der Waals surface area contributed by atoms with Crippen molar-refractivity contribution in [1.82, 2.24) is 9.55 Å². The van der Waals surface area contributed by atoms with Gasteiger partial charge in [0.25, 0.3) is 0 Å². The van der Waals surface area contributed by atoms with Crippen LogP contribution in [-0.4, -0.2) is 15.8 Å². The molecule has 1 heterocycles. The fraction of sp³-hybridized carbons (Fsp3) is 0.182. The molecule has 0 saturated carbocycles. The second-order valence-electron chi connectivity index (χ2n) is 3.25. The van der Waals surface area contributed by atoms with Crippen molar-refractivity contribution >= 4 is 17.4 Å². The van der Waals surface area contributed by atoms with Gasteiger partial charge in [-0.15, -0.1) is 0 Å². The monoisotopic (exact) mass is 219 g/mol. The highest BCUT2D eigenvalue weighted by molar-refractivity contribution is 7.97. The van der Waals surface area contributed by atoms with Gasteiger partial charge in [-0.2, -0.15) is 11.8 Å². The topological polar surface area (TPSA) is 43.8 Å². The molecule has 0 fully saturated rings. The quantitative estimate of drug-likeness (QED) is 0.806. The predicted octanol–water partition coefficient (Wildman–Crippen LogP) is 2.32. The van der Waals surface area contributed by atoms with Crippen LogP contribution < -0.4 is 5.73 Å². The van der Waals surface area contributed by atoms with Gasteiger partial charge in [-0.25, -0.2) is 4.98 Å². The molecule has 0 spiro atoms. The molecule has 3 nitrogen and oxygen atoms in total. The molecule has 2 aromatic rings. The van der Waals surface area contributed by atoms with Gasteiger partial charge in [-0.1, -0.05) is 6.07 Å². The second kappa shape index (κ2) is 4.40. The molecule has 0 aliphatic rings. The minimum Gasteiger partial charge on any atom is -0.398 e. The van der Waals surface area contributed by atoms with Crippen LogP contribution >= 0.6 is 11.8 Å². The van der Waals surface area contributed by atoms with Crippen molar-refractivity contribution in [1.29, 1.82) is 0 Å². The predicted molar refractivity (Wildman–Crippen MR) is 65.2 cm³/mol. The van der Waals surface area contributed by atoms with Gasteiger partial charge in [-0.05, 0) is 18.4 Å². The third-order valence-electron chi connectivity index (χ3n) is 2.26. The van der Waals surface area contributed by atoms with Crippen molar-refractivity contribution in [3.05, 3.63) is 42.5 Å². The zero-order valence-electron chi connectivity index (χ0n) is 8.55. The van der Waals surface area contributed by atoms with E-state index in [9.17, 15) is 0 Å². The molecule has 1 aromatic carbocycles. The number of nitrogens with two attached hydrogens (primary N) is 1. The standard InChI is InChI=1S/C11H13N3S/c1-15-7-9-10(12)3-2-4-11(9)14-6-5-13-8-14/h2-6,8H,7,12H2,1H3. The number of anilines is 1. The Morgan fingerprint density at radius 3 is 3.00 bits per heavy atom. The van der Waals surface area contributed by atoms with E-state index in [1.165, 1.54) is 5.56 Å². The van der Waals surface area contributed by atoms with Crippen LogP contribution in [0.4, 0.5) is 5.69 Å². The SMILES string of the molecule is CSCc1c(N)cccc1-n1ccnc1. The zero-order chi connectivity index (χ0) is 10.7. The summed E-state index contributed by atoms with van der Waals surface area (Å²) < 4.78 is 1.99. The molecule has 0 amide bonds. The number of thioether (sulfide) groups is 1. The van der Waals surface area contributed by atoms with Crippen LogP contribution in [-0.2, 0) is 5.75 Å². The smallest absolute Gasteiger partial charge is 0.0991 e. The summed E-state index contributed by atoms with van der Waals surface area (Å²) in [7, 11) is 0. The molecular weight excluding hydrogens is 206 g/mol. The summed E-state index contributed by atoms with van der Waals surface area (Å²) in [4.78, 5) is 4.04. The first-order valence-corrected chi connectivity index (χ1v) is 6.07. The van der Waals surface area contributed by atoms with Crippen molar-refractivity contribution in [2.45, 2.75) is 5.75 Å². The maximum Gasteiger partial charge on any atom is 0.0991 e. The molecule has 0 radical (unpaired) electrons. The van der Waals surface area contributed by atoms with Gasteiger partial charge in [0.1, 0.15) is 0 Å². The van der Waals surface area contributed by atoms with E-state index in [4.69, 9.17) is 5.73 Å². The summed E-state index contributed by atoms with van der Waals surface area (Å²) in [6.07, 6.45) is 7.56. The highest BCUT2D eigenvalue weighted by Crippen LogP contribution is 2.24. The molecule has 0 atom stereocenters. The zero-order valence-corrected chi connectivity index (χ0v) is 9.37. The van der Waals surface area contributed by atoms with Crippen molar-refractivity contribution in [3.8, 4) is 5.69 Å².